The van der Waals surface area contributed by atoms with Gasteiger partial charge in [-0.2, -0.15) is 0 Å². The number of carboxylic acids is 1. The Morgan fingerprint density at radius 2 is 2.16 bits per heavy atom. The number of aliphatic carboxylic acids is 1. The van der Waals surface area contributed by atoms with Crippen molar-refractivity contribution >= 4 is 5.97 Å². The van der Waals surface area contributed by atoms with Crippen LogP contribution in [-0.4, -0.2) is 42.3 Å². The standard InChI is InChI=1S/C15H19NO3/c1-16(11-12-5-3-2-4-6-12)14(15(17)18)13-7-9-19-10-8-13/h2-7,14H,8-11H2,1H3,(H,17,18). The van der Waals surface area contributed by atoms with E-state index >= 15 is 0 Å². The van der Waals surface area contributed by atoms with Crippen LogP contribution in [0.5, 0.6) is 0 Å². The predicted molar refractivity (Wildman–Crippen MR) is 72.9 cm³/mol. The van der Waals surface area contributed by atoms with E-state index in [1.165, 1.54) is 0 Å². The van der Waals surface area contributed by atoms with Gasteiger partial charge in [-0.1, -0.05) is 36.4 Å². The summed E-state index contributed by atoms with van der Waals surface area (Å²) in [4.78, 5) is 13.4. The van der Waals surface area contributed by atoms with Crippen LogP contribution in [0.15, 0.2) is 42.0 Å². The molecule has 2 rings (SSSR count). The number of benzene rings is 1. The molecule has 0 bridgehead atoms. The smallest absolute Gasteiger partial charge is 0.325 e. The lowest BCUT2D eigenvalue weighted by Crippen LogP contribution is -2.40. The van der Waals surface area contributed by atoms with E-state index in [1.54, 1.807) is 0 Å². The van der Waals surface area contributed by atoms with Crippen molar-refractivity contribution in [3.8, 4) is 0 Å². The second-order valence-corrected chi connectivity index (χ2v) is 4.75. The van der Waals surface area contributed by atoms with E-state index in [2.05, 4.69) is 0 Å². The Hall–Kier alpha value is -1.65. The number of ether oxygens (including phenoxy) is 1. The Kier molecular flexibility index (Phi) is 4.71. The molecule has 4 nitrogen and oxygen atoms in total. The Bertz CT molecular complexity index is 456. The zero-order valence-corrected chi connectivity index (χ0v) is 11.1. The average molecular weight is 261 g/mol. The molecule has 0 spiro atoms. The van der Waals surface area contributed by atoms with Gasteiger partial charge in [-0.25, -0.2) is 0 Å². The lowest BCUT2D eigenvalue weighted by Gasteiger charge is -2.28. The molecule has 0 aromatic heterocycles. The van der Waals surface area contributed by atoms with Gasteiger partial charge in [0.15, 0.2) is 0 Å². The average Bonchev–Trinajstić information content (AvgIpc) is 2.40. The van der Waals surface area contributed by atoms with Crippen LogP contribution in [0.3, 0.4) is 0 Å². The first-order valence-electron chi connectivity index (χ1n) is 6.42. The quantitative estimate of drug-likeness (QED) is 0.823. The van der Waals surface area contributed by atoms with Crippen molar-refractivity contribution in [3.63, 3.8) is 0 Å². The largest absolute Gasteiger partial charge is 0.480 e. The molecule has 1 heterocycles. The summed E-state index contributed by atoms with van der Waals surface area (Å²) < 4.78 is 5.24. The number of carbonyl (C=O) groups is 1. The monoisotopic (exact) mass is 261 g/mol. The minimum atomic E-state index is -0.799. The lowest BCUT2D eigenvalue weighted by molar-refractivity contribution is -0.141. The molecule has 1 aromatic rings. The molecule has 1 unspecified atom stereocenters. The van der Waals surface area contributed by atoms with Gasteiger partial charge in [0.2, 0.25) is 0 Å². The molecular formula is C15H19NO3. The summed E-state index contributed by atoms with van der Waals surface area (Å²) >= 11 is 0. The molecule has 0 fully saturated rings. The fraction of sp³-hybridized carbons (Fsp3) is 0.400. The maximum Gasteiger partial charge on any atom is 0.325 e. The van der Waals surface area contributed by atoms with Crippen LogP contribution in [-0.2, 0) is 16.1 Å². The van der Waals surface area contributed by atoms with Crippen LogP contribution in [0, 0.1) is 0 Å². The van der Waals surface area contributed by atoms with E-state index in [-0.39, 0.29) is 0 Å². The van der Waals surface area contributed by atoms with Crippen LogP contribution in [0.2, 0.25) is 0 Å². The third-order valence-corrected chi connectivity index (χ3v) is 3.30. The van der Waals surface area contributed by atoms with E-state index in [9.17, 15) is 9.90 Å². The van der Waals surface area contributed by atoms with Crippen molar-refractivity contribution in [1.82, 2.24) is 4.90 Å². The van der Waals surface area contributed by atoms with Gasteiger partial charge in [-0.3, -0.25) is 9.69 Å². The summed E-state index contributed by atoms with van der Waals surface area (Å²) in [6.45, 7) is 1.74. The maximum absolute atomic E-state index is 11.5. The Balaban J connectivity index is 2.10. The molecule has 1 aromatic carbocycles. The van der Waals surface area contributed by atoms with Crippen molar-refractivity contribution in [1.29, 1.82) is 0 Å². The zero-order chi connectivity index (χ0) is 13.7. The summed E-state index contributed by atoms with van der Waals surface area (Å²) in [6.07, 6.45) is 2.58. The first-order chi connectivity index (χ1) is 9.18. The van der Waals surface area contributed by atoms with Crippen molar-refractivity contribution in [2.75, 3.05) is 20.3 Å². The molecule has 0 aliphatic carbocycles. The summed E-state index contributed by atoms with van der Waals surface area (Å²) in [6, 6.07) is 9.34. The molecule has 0 saturated heterocycles. The van der Waals surface area contributed by atoms with Gasteiger partial charge in [-0.15, -0.1) is 0 Å². The number of hydrogen-bond donors (Lipinski definition) is 1. The third kappa shape index (κ3) is 3.66. The third-order valence-electron chi connectivity index (χ3n) is 3.30. The molecule has 0 saturated carbocycles. The van der Waals surface area contributed by atoms with E-state index in [0.29, 0.717) is 26.2 Å². The molecule has 0 amide bonds. The molecule has 1 N–H and O–H groups in total. The van der Waals surface area contributed by atoms with E-state index < -0.39 is 12.0 Å². The molecular weight excluding hydrogens is 242 g/mol. The van der Waals surface area contributed by atoms with Gasteiger partial charge in [0, 0.05) is 6.54 Å². The highest BCUT2D eigenvalue weighted by Crippen LogP contribution is 2.19. The van der Waals surface area contributed by atoms with Gasteiger partial charge in [0.1, 0.15) is 6.04 Å². The van der Waals surface area contributed by atoms with Crippen LogP contribution < -0.4 is 0 Å². The molecule has 19 heavy (non-hydrogen) atoms. The van der Waals surface area contributed by atoms with Gasteiger partial charge >= 0.3 is 5.97 Å². The van der Waals surface area contributed by atoms with Crippen LogP contribution in [0.25, 0.3) is 0 Å². The second kappa shape index (κ2) is 6.50. The summed E-state index contributed by atoms with van der Waals surface area (Å²) in [7, 11) is 1.85. The minimum absolute atomic E-state index is 0.512. The van der Waals surface area contributed by atoms with Gasteiger partial charge in [0.25, 0.3) is 0 Å². The predicted octanol–water partition coefficient (Wildman–Crippen LogP) is 1.92. The topological polar surface area (TPSA) is 49.8 Å². The van der Waals surface area contributed by atoms with Crippen molar-refractivity contribution in [2.24, 2.45) is 0 Å². The first kappa shape index (κ1) is 13.8. The molecule has 0 radical (unpaired) electrons. The van der Waals surface area contributed by atoms with Crippen molar-refractivity contribution in [3.05, 3.63) is 47.5 Å². The lowest BCUT2D eigenvalue weighted by atomic mass is 10.0. The van der Waals surface area contributed by atoms with Crippen LogP contribution >= 0.6 is 0 Å². The van der Waals surface area contributed by atoms with Gasteiger partial charge < -0.3 is 9.84 Å². The molecule has 1 atom stereocenters. The SMILES string of the molecule is CN(Cc1ccccc1)C(C(=O)O)C1=CCOCC1. The van der Waals surface area contributed by atoms with Gasteiger partial charge in [-0.05, 0) is 24.6 Å². The normalized spacial score (nSPS) is 17.1. The second-order valence-electron chi connectivity index (χ2n) is 4.75. The fourth-order valence-electron chi connectivity index (χ4n) is 2.38. The van der Waals surface area contributed by atoms with Crippen LogP contribution in [0.1, 0.15) is 12.0 Å². The number of likely N-dealkylation sites (N-methyl/N-ethyl adjacent to an activating group) is 1. The Morgan fingerprint density at radius 3 is 2.74 bits per heavy atom. The molecule has 102 valence electrons. The number of rotatable bonds is 5. The highest BCUT2D eigenvalue weighted by molar-refractivity contribution is 5.77. The Morgan fingerprint density at radius 1 is 1.42 bits per heavy atom. The summed E-state index contributed by atoms with van der Waals surface area (Å²) in [5.74, 6) is -0.799. The maximum atomic E-state index is 11.5. The highest BCUT2D eigenvalue weighted by atomic mass is 16.5. The van der Waals surface area contributed by atoms with Crippen LogP contribution in [0.4, 0.5) is 0 Å². The Labute approximate surface area is 113 Å². The summed E-state index contributed by atoms with van der Waals surface area (Å²) in [5, 5.41) is 9.45. The van der Waals surface area contributed by atoms with Gasteiger partial charge in [0.05, 0.1) is 13.2 Å². The highest BCUT2D eigenvalue weighted by Gasteiger charge is 2.27. The molecule has 1 aliphatic heterocycles. The fourth-order valence-corrected chi connectivity index (χ4v) is 2.38. The van der Waals surface area contributed by atoms with Crippen molar-refractivity contribution in [2.45, 2.75) is 19.0 Å². The number of carboxylic acid groups (broad SMARTS) is 1. The van der Waals surface area contributed by atoms with E-state index in [1.807, 2.05) is 48.4 Å². The zero-order valence-electron chi connectivity index (χ0n) is 11.1. The number of nitrogens with zero attached hydrogens (tertiary/aromatic N) is 1. The first-order valence-corrected chi connectivity index (χ1v) is 6.42. The molecule has 1 aliphatic rings. The number of hydrogen-bond acceptors (Lipinski definition) is 3. The minimum Gasteiger partial charge on any atom is -0.480 e. The van der Waals surface area contributed by atoms with Crippen molar-refractivity contribution < 1.29 is 14.6 Å². The molecule has 4 heteroatoms. The summed E-state index contributed by atoms with van der Waals surface area (Å²) in [5.41, 5.74) is 2.06. The van der Waals surface area contributed by atoms with E-state index in [0.717, 1.165) is 11.1 Å². The van der Waals surface area contributed by atoms with E-state index in [4.69, 9.17) is 4.74 Å².